The number of nitrogens with one attached hydrogen (secondary N) is 1. The minimum absolute atomic E-state index is 0.0152. The van der Waals surface area contributed by atoms with Crippen molar-refractivity contribution in [3.63, 3.8) is 0 Å². The van der Waals surface area contributed by atoms with Crippen LogP contribution in [0.25, 0.3) is 0 Å². The first-order valence-electron chi connectivity index (χ1n) is 11.2. The summed E-state index contributed by atoms with van der Waals surface area (Å²) in [5.74, 6) is -2.24. The molecule has 3 aromatic rings. The van der Waals surface area contributed by atoms with E-state index in [0.717, 1.165) is 15.0 Å². The molecule has 0 saturated carbocycles. The third kappa shape index (κ3) is 5.35. The number of ether oxygens (including phenoxy) is 1. The second-order valence-electron chi connectivity index (χ2n) is 8.38. The van der Waals surface area contributed by atoms with E-state index in [0.29, 0.717) is 5.56 Å². The number of likely N-dealkylation sites (tertiary alicyclic amines) is 1. The zero-order valence-electron chi connectivity index (χ0n) is 19.4. The molecule has 2 N–H and O–H groups in total. The summed E-state index contributed by atoms with van der Waals surface area (Å²) in [7, 11) is 1.31. The minimum Gasteiger partial charge on any atom is -0.501 e. The Balaban J connectivity index is 1.56. The molecule has 0 aliphatic carbocycles. The van der Waals surface area contributed by atoms with Crippen molar-refractivity contribution in [1.82, 2.24) is 19.8 Å². The van der Waals surface area contributed by atoms with E-state index < -0.39 is 47.0 Å². The predicted octanol–water partition coefficient (Wildman–Crippen LogP) is 2.98. The average Bonchev–Trinajstić information content (AvgIpc) is 3.27. The van der Waals surface area contributed by atoms with Crippen molar-refractivity contribution in [2.24, 2.45) is 7.05 Å². The van der Waals surface area contributed by atoms with Crippen LogP contribution in [0.3, 0.4) is 0 Å². The van der Waals surface area contributed by atoms with E-state index in [2.05, 4.69) is 10.3 Å². The van der Waals surface area contributed by atoms with Crippen LogP contribution in [-0.4, -0.2) is 44.3 Å². The maximum absolute atomic E-state index is 14.4. The summed E-state index contributed by atoms with van der Waals surface area (Å²) in [5.41, 5.74) is -0.160. The van der Waals surface area contributed by atoms with Gasteiger partial charge in [0.05, 0.1) is 12.6 Å². The fraction of sp³-hybridized carbons (Fsp3) is 0.280. The normalized spacial score (nSPS) is 17.1. The monoisotopic (exact) mass is 498 g/mol. The molecule has 2 amide bonds. The van der Waals surface area contributed by atoms with Crippen molar-refractivity contribution in [3.8, 4) is 5.75 Å². The Hall–Kier alpha value is -4.28. The van der Waals surface area contributed by atoms with Crippen LogP contribution in [0.1, 0.15) is 39.9 Å². The van der Waals surface area contributed by atoms with Crippen LogP contribution in [0.2, 0.25) is 0 Å². The van der Waals surface area contributed by atoms with E-state index in [9.17, 15) is 28.3 Å². The Morgan fingerprint density at radius 3 is 2.53 bits per heavy atom. The van der Waals surface area contributed by atoms with Crippen molar-refractivity contribution in [2.45, 2.75) is 31.8 Å². The fourth-order valence-corrected chi connectivity index (χ4v) is 3.96. The molecule has 1 aliphatic heterocycles. The van der Waals surface area contributed by atoms with E-state index in [-0.39, 0.29) is 31.9 Å². The number of aromatic nitrogens is 2. The molecule has 0 unspecified atom stereocenters. The van der Waals surface area contributed by atoms with Gasteiger partial charge in [0.25, 0.3) is 11.5 Å². The van der Waals surface area contributed by atoms with Gasteiger partial charge in [-0.3, -0.25) is 19.1 Å². The molecule has 1 fully saturated rings. The SMILES string of the molecule is Cn1c([C@@H]2C[C@H](F)CN2C(=O)OCc2ccccc2)nc(C(=O)NCc2ccc(F)cc2)c(O)c1=O. The number of carbonyl (C=O) groups excluding carboxylic acids is 2. The van der Waals surface area contributed by atoms with E-state index in [4.69, 9.17) is 4.74 Å². The van der Waals surface area contributed by atoms with Crippen LogP contribution in [0.4, 0.5) is 13.6 Å². The summed E-state index contributed by atoms with van der Waals surface area (Å²) < 4.78 is 33.8. The first-order valence-corrected chi connectivity index (χ1v) is 11.2. The van der Waals surface area contributed by atoms with Gasteiger partial charge in [0, 0.05) is 20.0 Å². The van der Waals surface area contributed by atoms with Gasteiger partial charge >= 0.3 is 6.09 Å². The van der Waals surface area contributed by atoms with Gasteiger partial charge in [-0.1, -0.05) is 42.5 Å². The number of halogens is 2. The van der Waals surface area contributed by atoms with Gasteiger partial charge in [-0.15, -0.1) is 0 Å². The average molecular weight is 498 g/mol. The number of benzene rings is 2. The van der Waals surface area contributed by atoms with E-state index in [1.807, 2.05) is 6.07 Å². The standard InChI is InChI=1S/C25H24F2N4O5/c1-30-22(19-11-18(27)13-31(19)25(35)36-14-16-5-3-2-4-6-16)29-20(21(32)24(30)34)23(33)28-12-15-7-9-17(26)10-8-15/h2-10,18-19,32H,11-14H2,1H3,(H,28,33)/t18-,19-/m0/s1. The summed E-state index contributed by atoms with van der Waals surface area (Å²) >= 11 is 0. The molecule has 1 aliphatic rings. The lowest BCUT2D eigenvalue weighted by Gasteiger charge is -2.25. The van der Waals surface area contributed by atoms with Gasteiger partial charge in [-0.05, 0) is 23.3 Å². The Morgan fingerprint density at radius 2 is 1.83 bits per heavy atom. The molecule has 4 rings (SSSR count). The molecule has 188 valence electrons. The maximum atomic E-state index is 14.4. The fourth-order valence-electron chi connectivity index (χ4n) is 3.96. The van der Waals surface area contributed by atoms with E-state index >= 15 is 0 Å². The summed E-state index contributed by atoms with van der Waals surface area (Å²) in [6, 6.07) is 13.3. The van der Waals surface area contributed by atoms with Gasteiger partial charge in [0.2, 0.25) is 5.75 Å². The molecule has 0 bridgehead atoms. The third-order valence-corrected chi connectivity index (χ3v) is 5.87. The summed E-state index contributed by atoms with van der Waals surface area (Å²) in [4.78, 5) is 43.5. The Bertz CT molecular complexity index is 1310. The first kappa shape index (κ1) is 24.8. The van der Waals surface area contributed by atoms with E-state index in [1.54, 1.807) is 24.3 Å². The molecular formula is C25H24F2N4O5. The zero-order valence-corrected chi connectivity index (χ0v) is 19.4. The number of alkyl halides is 1. The highest BCUT2D eigenvalue weighted by Gasteiger charge is 2.40. The smallest absolute Gasteiger partial charge is 0.410 e. The molecule has 1 saturated heterocycles. The highest BCUT2D eigenvalue weighted by molar-refractivity contribution is 5.94. The lowest BCUT2D eigenvalue weighted by Crippen LogP contribution is -2.37. The number of carbonyl (C=O) groups is 2. The topological polar surface area (TPSA) is 114 Å². The first-order chi connectivity index (χ1) is 17.2. The number of hydrogen-bond acceptors (Lipinski definition) is 6. The number of amides is 2. The number of aromatic hydroxyl groups is 1. The van der Waals surface area contributed by atoms with Crippen LogP contribution >= 0.6 is 0 Å². The van der Waals surface area contributed by atoms with Crippen LogP contribution in [0.15, 0.2) is 59.4 Å². The lowest BCUT2D eigenvalue weighted by atomic mass is 10.1. The van der Waals surface area contributed by atoms with Crippen LogP contribution in [0, 0.1) is 5.82 Å². The second-order valence-corrected chi connectivity index (χ2v) is 8.38. The Kier molecular flexibility index (Phi) is 7.28. The highest BCUT2D eigenvalue weighted by atomic mass is 19.1. The Morgan fingerprint density at radius 1 is 1.14 bits per heavy atom. The predicted molar refractivity (Wildman–Crippen MR) is 124 cm³/mol. The number of rotatable bonds is 6. The molecule has 2 atom stereocenters. The van der Waals surface area contributed by atoms with Crippen LogP contribution in [0.5, 0.6) is 5.75 Å². The van der Waals surface area contributed by atoms with Crippen molar-refractivity contribution in [2.75, 3.05) is 6.54 Å². The highest BCUT2D eigenvalue weighted by Crippen LogP contribution is 2.33. The van der Waals surface area contributed by atoms with Gasteiger partial charge in [-0.25, -0.2) is 18.6 Å². The van der Waals surface area contributed by atoms with Gasteiger partial charge in [0.15, 0.2) is 5.69 Å². The van der Waals surface area contributed by atoms with Crippen molar-refractivity contribution < 1.29 is 28.2 Å². The van der Waals surface area contributed by atoms with E-state index in [1.165, 1.54) is 31.3 Å². The largest absolute Gasteiger partial charge is 0.501 e. The van der Waals surface area contributed by atoms with Crippen molar-refractivity contribution in [1.29, 1.82) is 0 Å². The molecule has 2 heterocycles. The molecule has 11 heteroatoms. The second kappa shape index (κ2) is 10.5. The minimum atomic E-state index is -1.40. The maximum Gasteiger partial charge on any atom is 0.410 e. The zero-order chi connectivity index (χ0) is 25.8. The molecule has 9 nitrogen and oxygen atoms in total. The molecule has 0 spiro atoms. The summed E-state index contributed by atoms with van der Waals surface area (Å²) in [6.07, 6.45) is -2.36. The number of hydrogen-bond donors (Lipinski definition) is 2. The van der Waals surface area contributed by atoms with Crippen LogP contribution in [-0.2, 0) is 24.9 Å². The summed E-state index contributed by atoms with van der Waals surface area (Å²) in [6.45, 7) is -0.321. The third-order valence-electron chi connectivity index (χ3n) is 5.87. The van der Waals surface area contributed by atoms with Gasteiger partial charge in [-0.2, -0.15) is 0 Å². The Labute approximate surface area is 205 Å². The van der Waals surface area contributed by atoms with Crippen molar-refractivity contribution >= 4 is 12.0 Å². The van der Waals surface area contributed by atoms with Crippen LogP contribution < -0.4 is 10.9 Å². The lowest BCUT2D eigenvalue weighted by molar-refractivity contribution is 0.0886. The summed E-state index contributed by atoms with van der Waals surface area (Å²) in [5, 5.41) is 12.8. The molecule has 0 radical (unpaired) electrons. The quantitative estimate of drug-likeness (QED) is 0.540. The molecule has 1 aromatic heterocycles. The molecule has 2 aromatic carbocycles. The molecular weight excluding hydrogens is 474 g/mol. The number of nitrogens with zero attached hydrogens (tertiary/aromatic N) is 3. The van der Waals surface area contributed by atoms with Gasteiger partial charge in [0.1, 0.15) is 24.4 Å². The van der Waals surface area contributed by atoms with Crippen molar-refractivity contribution in [3.05, 3.63) is 93.4 Å². The molecule has 36 heavy (non-hydrogen) atoms. The van der Waals surface area contributed by atoms with Gasteiger partial charge < -0.3 is 15.2 Å².